The van der Waals surface area contributed by atoms with Crippen LogP contribution in [-0.2, 0) is 4.79 Å². The Morgan fingerprint density at radius 2 is 1.69 bits per heavy atom. The van der Waals surface area contributed by atoms with E-state index in [0.717, 1.165) is 11.8 Å². The van der Waals surface area contributed by atoms with Gasteiger partial charge in [0.25, 0.3) is 0 Å². The van der Waals surface area contributed by atoms with Gasteiger partial charge in [0, 0.05) is 60.1 Å². The second kappa shape index (κ2) is 9.61. The molecule has 0 aliphatic rings. The first kappa shape index (κ1) is 19.5. The van der Waals surface area contributed by atoms with Crippen molar-refractivity contribution in [3.05, 3.63) is 90.7 Å². The van der Waals surface area contributed by atoms with Crippen LogP contribution in [0.3, 0.4) is 0 Å². The van der Waals surface area contributed by atoms with Gasteiger partial charge in [-0.3, -0.25) is 14.8 Å². The molecule has 1 aromatic carbocycles. The summed E-state index contributed by atoms with van der Waals surface area (Å²) < 4.78 is 5.69. The largest absolute Gasteiger partial charge is 0.457 e. The normalized spacial score (nSPS) is 11.2. The summed E-state index contributed by atoms with van der Waals surface area (Å²) >= 11 is 0. The summed E-state index contributed by atoms with van der Waals surface area (Å²) in [6, 6.07) is 12.3. The van der Waals surface area contributed by atoms with Crippen LogP contribution in [0.4, 0.5) is 5.69 Å². The van der Waals surface area contributed by atoms with E-state index in [0.29, 0.717) is 28.3 Å². The fourth-order valence-corrected chi connectivity index (χ4v) is 2.52. The number of carbonyl (C=O) groups is 1. The molecule has 2 aromatic heterocycles. The molecular formula is C22H19N5O2. The van der Waals surface area contributed by atoms with Crippen LogP contribution in [0.15, 0.2) is 79.5 Å². The van der Waals surface area contributed by atoms with Gasteiger partial charge in [0.05, 0.1) is 0 Å². The molecule has 4 N–H and O–H groups in total. The van der Waals surface area contributed by atoms with Crippen molar-refractivity contribution in [2.75, 3.05) is 5.32 Å². The van der Waals surface area contributed by atoms with Crippen LogP contribution in [0.25, 0.3) is 11.6 Å². The lowest BCUT2D eigenvalue weighted by Gasteiger charge is -2.07. The van der Waals surface area contributed by atoms with Crippen LogP contribution in [0.1, 0.15) is 11.1 Å². The molecule has 0 spiro atoms. The summed E-state index contributed by atoms with van der Waals surface area (Å²) in [7, 11) is 0. The molecule has 144 valence electrons. The predicted molar refractivity (Wildman–Crippen MR) is 114 cm³/mol. The maximum absolute atomic E-state index is 12.2. The Hall–Kier alpha value is -4.26. The van der Waals surface area contributed by atoms with Gasteiger partial charge in [-0.25, -0.2) is 0 Å². The van der Waals surface area contributed by atoms with E-state index in [9.17, 15) is 4.79 Å². The molecule has 3 aromatic rings. The molecule has 0 aliphatic carbocycles. The third-order valence-corrected chi connectivity index (χ3v) is 3.92. The van der Waals surface area contributed by atoms with Crippen LogP contribution >= 0.6 is 0 Å². The topological polar surface area (TPSA) is 114 Å². The minimum absolute atomic E-state index is 0.296. The second-order valence-electron chi connectivity index (χ2n) is 5.86. The van der Waals surface area contributed by atoms with E-state index in [1.165, 1.54) is 12.3 Å². The molecule has 0 saturated carbocycles. The van der Waals surface area contributed by atoms with Gasteiger partial charge in [0.1, 0.15) is 11.5 Å². The number of hydrogen-bond acceptors (Lipinski definition) is 6. The maximum atomic E-state index is 12.2. The van der Waals surface area contributed by atoms with Gasteiger partial charge in [-0.1, -0.05) is 0 Å². The lowest BCUT2D eigenvalue weighted by atomic mass is 10.0. The molecule has 2 heterocycles. The monoisotopic (exact) mass is 385 g/mol. The van der Waals surface area contributed by atoms with Gasteiger partial charge in [0.2, 0.25) is 5.91 Å². The standard InChI is InChI=1S/C22H19N5O2/c23-13-17(14-24)21-9-12-26-15-16(21)1-6-22(28)27-18-2-4-19(5-3-18)29-20-7-10-25-11-8-20/h1-15,23H,24H2,(H,27,28)/b6-1+,17-14+,23-13?. The van der Waals surface area contributed by atoms with Crippen molar-refractivity contribution >= 4 is 29.5 Å². The summed E-state index contributed by atoms with van der Waals surface area (Å²) in [5, 5.41) is 10.2. The predicted octanol–water partition coefficient (Wildman–Crippen LogP) is 3.87. The number of anilines is 1. The van der Waals surface area contributed by atoms with E-state index < -0.39 is 0 Å². The Bertz CT molecular complexity index is 1040. The Kier molecular flexibility index (Phi) is 6.46. The Morgan fingerprint density at radius 3 is 2.38 bits per heavy atom. The summed E-state index contributed by atoms with van der Waals surface area (Å²) in [5.74, 6) is 1.04. The minimum Gasteiger partial charge on any atom is -0.457 e. The van der Waals surface area contributed by atoms with E-state index >= 15 is 0 Å². The fourth-order valence-electron chi connectivity index (χ4n) is 2.52. The molecule has 7 heteroatoms. The number of benzene rings is 1. The van der Waals surface area contributed by atoms with Crippen molar-refractivity contribution in [2.45, 2.75) is 0 Å². The number of nitrogens with zero attached hydrogens (tertiary/aromatic N) is 2. The van der Waals surface area contributed by atoms with Crippen LogP contribution in [0.5, 0.6) is 11.5 Å². The number of hydrogen-bond donors (Lipinski definition) is 3. The highest BCUT2D eigenvalue weighted by Crippen LogP contribution is 2.22. The van der Waals surface area contributed by atoms with E-state index in [1.54, 1.807) is 73.3 Å². The van der Waals surface area contributed by atoms with Crippen LogP contribution in [0, 0.1) is 5.41 Å². The van der Waals surface area contributed by atoms with Crippen molar-refractivity contribution in [1.82, 2.24) is 9.97 Å². The first-order valence-electron chi connectivity index (χ1n) is 8.73. The van der Waals surface area contributed by atoms with Crippen LogP contribution < -0.4 is 15.8 Å². The summed E-state index contributed by atoms with van der Waals surface area (Å²) in [6.07, 6.45) is 12.0. The Balaban J connectivity index is 1.65. The zero-order valence-electron chi connectivity index (χ0n) is 15.4. The highest BCUT2D eigenvalue weighted by Gasteiger charge is 2.05. The molecule has 0 fully saturated rings. The number of ether oxygens (including phenoxy) is 1. The molecule has 1 amide bonds. The van der Waals surface area contributed by atoms with Gasteiger partial charge in [-0.05, 0) is 54.1 Å². The summed E-state index contributed by atoms with van der Waals surface area (Å²) in [4.78, 5) is 20.2. The van der Waals surface area contributed by atoms with Crippen molar-refractivity contribution in [3.8, 4) is 11.5 Å². The fraction of sp³-hybridized carbons (Fsp3) is 0. The number of nitrogens with one attached hydrogen (secondary N) is 2. The summed E-state index contributed by atoms with van der Waals surface area (Å²) in [5.41, 5.74) is 8.13. The van der Waals surface area contributed by atoms with Gasteiger partial charge in [-0.15, -0.1) is 0 Å². The highest BCUT2D eigenvalue weighted by atomic mass is 16.5. The number of nitrogens with two attached hydrogens (primary N) is 1. The third-order valence-electron chi connectivity index (χ3n) is 3.92. The highest BCUT2D eigenvalue weighted by molar-refractivity contribution is 6.10. The van der Waals surface area contributed by atoms with E-state index in [1.807, 2.05) is 0 Å². The number of rotatable bonds is 7. The van der Waals surface area contributed by atoms with Crippen LogP contribution in [-0.4, -0.2) is 22.1 Å². The summed E-state index contributed by atoms with van der Waals surface area (Å²) in [6.45, 7) is 0. The lowest BCUT2D eigenvalue weighted by Crippen LogP contribution is -2.07. The van der Waals surface area contributed by atoms with Crippen LogP contribution in [0.2, 0.25) is 0 Å². The lowest BCUT2D eigenvalue weighted by molar-refractivity contribution is -0.111. The first-order chi connectivity index (χ1) is 14.2. The van der Waals surface area contributed by atoms with E-state index in [-0.39, 0.29) is 5.91 Å². The number of amides is 1. The maximum Gasteiger partial charge on any atom is 0.248 e. The number of carbonyl (C=O) groups excluding carboxylic acids is 1. The quantitative estimate of drug-likeness (QED) is 0.422. The first-order valence-corrected chi connectivity index (χ1v) is 8.73. The average Bonchev–Trinajstić information content (AvgIpc) is 2.76. The smallest absolute Gasteiger partial charge is 0.248 e. The average molecular weight is 385 g/mol. The van der Waals surface area contributed by atoms with Crippen molar-refractivity contribution in [3.63, 3.8) is 0 Å². The molecule has 0 bridgehead atoms. The van der Waals surface area contributed by atoms with Crippen molar-refractivity contribution in [1.29, 1.82) is 5.41 Å². The second-order valence-corrected chi connectivity index (χ2v) is 5.86. The number of aromatic nitrogens is 2. The van der Waals surface area contributed by atoms with E-state index in [2.05, 4.69) is 15.3 Å². The number of allylic oxidation sites excluding steroid dienone is 1. The molecule has 0 unspecified atom stereocenters. The molecule has 7 nitrogen and oxygen atoms in total. The molecule has 29 heavy (non-hydrogen) atoms. The van der Waals surface area contributed by atoms with E-state index in [4.69, 9.17) is 15.9 Å². The van der Waals surface area contributed by atoms with Crippen molar-refractivity contribution in [2.24, 2.45) is 5.73 Å². The van der Waals surface area contributed by atoms with Crippen molar-refractivity contribution < 1.29 is 9.53 Å². The zero-order valence-corrected chi connectivity index (χ0v) is 15.4. The molecule has 0 aliphatic heterocycles. The zero-order chi connectivity index (χ0) is 20.5. The molecule has 0 radical (unpaired) electrons. The van der Waals surface area contributed by atoms with Gasteiger partial charge in [-0.2, -0.15) is 0 Å². The molecular weight excluding hydrogens is 366 g/mol. The SMILES string of the molecule is N=C/C(=C\N)c1ccncc1/C=C/C(=O)Nc1ccc(Oc2ccncc2)cc1. The van der Waals surface area contributed by atoms with Gasteiger partial charge >= 0.3 is 0 Å². The molecule has 0 atom stereocenters. The third kappa shape index (κ3) is 5.36. The molecule has 3 rings (SSSR count). The van der Waals surface area contributed by atoms with Gasteiger partial charge in [0.15, 0.2) is 0 Å². The minimum atomic E-state index is -0.296. The van der Waals surface area contributed by atoms with Gasteiger partial charge < -0.3 is 21.2 Å². The Morgan fingerprint density at radius 1 is 1.00 bits per heavy atom. The number of pyridine rings is 2. The Labute approximate surface area is 168 Å². The molecule has 0 saturated heterocycles.